The molecule has 1 aliphatic heterocycles. The summed E-state index contributed by atoms with van der Waals surface area (Å²) < 4.78 is 0. The van der Waals surface area contributed by atoms with Gasteiger partial charge in [-0.05, 0) is 17.7 Å². The Hall–Kier alpha value is -1.57. The van der Waals surface area contributed by atoms with Crippen molar-refractivity contribution in [2.24, 2.45) is 5.16 Å². The van der Waals surface area contributed by atoms with Crippen LogP contribution in [0.1, 0.15) is 32.6 Å². The summed E-state index contributed by atoms with van der Waals surface area (Å²) in [4.78, 5) is 5.43. The van der Waals surface area contributed by atoms with Gasteiger partial charge in [0.05, 0.1) is 6.21 Å². The molecule has 0 unspecified atom stereocenters. The summed E-state index contributed by atoms with van der Waals surface area (Å²) in [7, 11) is 0. The second-order valence-corrected chi connectivity index (χ2v) is 3.98. The highest BCUT2D eigenvalue weighted by atomic mass is 16.6. The smallest absolute Gasteiger partial charge is 0.142 e. The van der Waals surface area contributed by atoms with Crippen LogP contribution in [0.15, 0.2) is 29.4 Å². The fraction of sp³-hybridized carbons (Fsp3) is 0.357. The third-order valence-electron chi connectivity index (χ3n) is 2.75. The van der Waals surface area contributed by atoms with Crippen molar-refractivity contribution in [3.8, 4) is 0 Å². The largest absolute Gasteiger partial charge is 0.361 e. The molecule has 2 nitrogen and oxygen atoms in total. The molecule has 0 spiro atoms. The number of hydrogen-bond acceptors (Lipinski definition) is 2. The van der Waals surface area contributed by atoms with E-state index in [0.717, 1.165) is 18.6 Å². The molecule has 0 bridgehead atoms. The summed E-state index contributed by atoms with van der Waals surface area (Å²) in [6.07, 6.45) is 8.30. The van der Waals surface area contributed by atoms with Crippen LogP contribution in [0.5, 0.6) is 0 Å². The lowest BCUT2D eigenvalue weighted by Gasteiger charge is -2.03. The van der Waals surface area contributed by atoms with Crippen molar-refractivity contribution in [3.63, 3.8) is 0 Å². The van der Waals surface area contributed by atoms with E-state index < -0.39 is 0 Å². The maximum Gasteiger partial charge on any atom is 0.142 e. The quantitative estimate of drug-likeness (QED) is 0.705. The Kier molecular flexibility index (Phi) is 3.76. The average Bonchev–Trinajstić information content (AvgIpc) is 2.52. The maximum absolute atomic E-state index is 5.43. The van der Waals surface area contributed by atoms with E-state index in [1.165, 1.54) is 23.3 Å². The number of fused-ring (bicyclic) bond motifs is 1. The molecule has 0 aromatic heterocycles. The summed E-state index contributed by atoms with van der Waals surface area (Å²) in [5.41, 5.74) is 0. The van der Waals surface area contributed by atoms with Crippen molar-refractivity contribution in [2.45, 2.75) is 32.6 Å². The number of nitrogens with zero attached hydrogens (tertiary/aromatic N) is 1. The van der Waals surface area contributed by atoms with Gasteiger partial charge in [-0.2, -0.15) is 0 Å². The van der Waals surface area contributed by atoms with Gasteiger partial charge in [0.1, 0.15) is 5.76 Å². The van der Waals surface area contributed by atoms with Crippen LogP contribution >= 0.6 is 0 Å². The number of unbranched alkanes of at least 4 members (excludes halogenated alkanes) is 2. The Labute approximate surface area is 95.9 Å². The monoisotopic (exact) mass is 215 g/mol. The van der Waals surface area contributed by atoms with E-state index >= 15 is 0 Å². The Balaban J connectivity index is 2.34. The van der Waals surface area contributed by atoms with E-state index in [-0.39, 0.29) is 0 Å². The molecule has 84 valence electrons. The van der Waals surface area contributed by atoms with Crippen LogP contribution in [0.3, 0.4) is 0 Å². The molecule has 2 heteroatoms. The second kappa shape index (κ2) is 5.50. The van der Waals surface area contributed by atoms with Crippen LogP contribution < -0.4 is 10.4 Å². The molecule has 1 aromatic carbocycles. The van der Waals surface area contributed by atoms with Crippen LogP contribution in [-0.2, 0) is 4.84 Å². The van der Waals surface area contributed by atoms with E-state index in [0.29, 0.717) is 0 Å². The van der Waals surface area contributed by atoms with Gasteiger partial charge in [-0.15, -0.1) is 0 Å². The minimum atomic E-state index is 0.968. The maximum atomic E-state index is 5.43. The predicted octanol–water partition coefficient (Wildman–Crippen LogP) is 2.17. The fourth-order valence-electron chi connectivity index (χ4n) is 1.87. The average molecular weight is 215 g/mol. The Morgan fingerprint density at radius 2 is 2.06 bits per heavy atom. The first-order chi connectivity index (χ1) is 7.92. The number of hydrogen-bond donors (Lipinski definition) is 0. The van der Waals surface area contributed by atoms with Gasteiger partial charge in [0.15, 0.2) is 0 Å². The van der Waals surface area contributed by atoms with Crippen molar-refractivity contribution in [1.29, 1.82) is 0 Å². The van der Waals surface area contributed by atoms with Crippen LogP contribution in [0.2, 0.25) is 0 Å². The highest BCUT2D eigenvalue weighted by Crippen LogP contribution is 2.10. The lowest BCUT2D eigenvalue weighted by atomic mass is 10.1. The van der Waals surface area contributed by atoms with Gasteiger partial charge < -0.3 is 4.84 Å². The van der Waals surface area contributed by atoms with Crippen molar-refractivity contribution in [3.05, 3.63) is 34.7 Å². The topological polar surface area (TPSA) is 21.6 Å². The molecule has 0 amide bonds. The standard InChI is InChI=1S/C14H17NO/c1-2-3-4-9-14-13-8-6-5-7-12(13)10-11-15-16-14/h5-8,10-11H,2-4,9H2,1H3. The first-order valence-corrected chi connectivity index (χ1v) is 5.90. The van der Waals surface area contributed by atoms with Gasteiger partial charge in [-0.1, -0.05) is 49.2 Å². The van der Waals surface area contributed by atoms with E-state index in [1.807, 2.05) is 18.2 Å². The lowest BCUT2D eigenvalue weighted by molar-refractivity contribution is 0.281. The molecule has 1 aliphatic rings. The third-order valence-corrected chi connectivity index (χ3v) is 2.75. The molecule has 0 saturated carbocycles. The van der Waals surface area contributed by atoms with Gasteiger partial charge >= 0.3 is 0 Å². The van der Waals surface area contributed by atoms with Crippen molar-refractivity contribution < 1.29 is 4.84 Å². The molecule has 0 N–H and O–H groups in total. The van der Waals surface area contributed by atoms with Crippen molar-refractivity contribution in [2.75, 3.05) is 0 Å². The van der Waals surface area contributed by atoms with Crippen LogP contribution in [0.25, 0.3) is 11.8 Å². The molecule has 0 atom stereocenters. The zero-order chi connectivity index (χ0) is 11.2. The molecule has 1 aromatic rings. The Morgan fingerprint density at radius 3 is 2.94 bits per heavy atom. The molecule has 0 radical (unpaired) electrons. The van der Waals surface area contributed by atoms with Crippen molar-refractivity contribution >= 4 is 18.0 Å². The Morgan fingerprint density at radius 1 is 1.19 bits per heavy atom. The summed E-state index contributed by atoms with van der Waals surface area (Å²) in [6, 6.07) is 8.27. The number of oxime groups is 1. The van der Waals surface area contributed by atoms with Gasteiger partial charge in [-0.3, -0.25) is 0 Å². The molecule has 2 rings (SSSR count). The van der Waals surface area contributed by atoms with Gasteiger partial charge in [0.2, 0.25) is 0 Å². The van der Waals surface area contributed by atoms with Crippen LogP contribution in [0.4, 0.5) is 0 Å². The summed E-state index contributed by atoms with van der Waals surface area (Å²) in [5, 5.41) is 6.30. The molecule has 0 saturated heterocycles. The first kappa shape index (κ1) is 10.9. The number of benzene rings is 1. The third kappa shape index (κ3) is 2.51. The minimum Gasteiger partial charge on any atom is -0.361 e. The zero-order valence-corrected chi connectivity index (χ0v) is 9.65. The van der Waals surface area contributed by atoms with E-state index in [2.05, 4.69) is 24.2 Å². The highest BCUT2D eigenvalue weighted by molar-refractivity contribution is 5.90. The van der Waals surface area contributed by atoms with Gasteiger partial charge in [0.25, 0.3) is 0 Å². The van der Waals surface area contributed by atoms with E-state index in [9.17, 15) is 0 Å². The minimum absolute atomic E-state index is 0.968. The van der Waals surface area contributed by atoms with Crippen molar-refractivity contribution in [1.82, 2.24) is 0 Å². The summed E-state index contributed by atoms with van der Waals surface area (Å²) >= 11 is 0. The molecular formula is C14H17NO. The fourth-order valence-corrected chi connectivity index (χ4v) is 1.87. The lowest BCUT2D eigenvalue weighted by Crippen LogP contribution is -2.26. The molecule has 1 heterocycles. The predicted molar refractivity (Wildman–Crippen MR) is 67.3 cm³/mol. The van der Waals surface area contributed by atoms with E-state index in [4.69, 9.17) is 4.84 Å². The first-order valence-electron chi connectivity index (χ1n) is 5.90. The Bertz CT molecular complexity index is 488. The van der Waals surface area contributed by atoms with Crippen LogP contribution in [-0.4, -0.2) is 6.21 Å². The molecule has 0 fully saturated rings. The molecular weight excluding hydrogens is 198 g/mol. The summed E-state index contributed by atoms with van der Waals surface area (Å²) in [6.45, 7) is 2.21. The van der Waals surface area contributed by atoms with Gasteiger partial charge in [0, 0.05) is 11.6 Å². The molecule has 0 aliphatic carbocycles. The SMILES string of the molecule is CCCCCC1=c2ccccc2=CC=NO1. The van der Waals surface area contributed by atoms with Gasteiger partial charge in [-0.25, -0.2) is 0 Å². The number of rotatable bonds is 4. The highest BCUT2D eigenvalue weighted by Gasteiger charge is 2.03. The normalized spacial score (nSPS) is 13.7. The summed E-state index contributed by atoms with van der Waals surface area (Å²) in [5.74, 6) is 0.994. The van der Waals surface area contributed by atoms with E-state index in [1.54, 1.807) is 6.21 Å². The zero-order valence-electron chi connectivity index (χ0n) is 9.65. The van der Waals surface area contributed by atoms with Crippen LogP contribution in [0, 0.1) is 0 Å². The second-order valence-electron chi connectivity index (χ2n) is 3.98. The molecule has 16 heavy (non-hydrogen) atoms.